The van der Waals surface area contributed by atoms with Gasteiger partial charge in [0.1, 0.15) is 18.2 Å². The third-order valence-corrected chi connectivity index (χ3v) is 7.11. The van der Waals surface area contributed by atoms with Crippen LogP contribution in [0, 0.1) is 33.3 Å². The highest BCUT2D eigenvalue weighted by atomic mass is 16.3. The van der Waals surface area contributed by atoms with Gasteiger partial charge in [-0.05, 0) is 43.4 Å². The molecule has 0 atom stereocenters. The first-order valence-electron chi connectivity index (χ1n) is 12.2. The first-order chi connectivity index (χ1) is 16.8. The van der Waals surface area contributed by atoms with Gasteiger partial charge in [0.2, 0.25) is 5.69 Å². The largest absolute Gasteiger partial charge is 0.456 e. The van der Waals surface area contributed by atoms with Crippen LogP contribution in [0.2, 0.25) is 0 Å². The molecule has 0 radical (unpaired) electrons. The van der Waals surface area contributed by atoms with Gasteiger partial charge in [0.15, 0.2) is 11.4 Å². The minimum atomic E-state index is 0.608. The van der Waals surface area contributed by atoms with Gasteiger partial charge in [0.25, 0.3) is 0 Å². The van der Waals surface area contributed by atoms with Gasteiger partial charge < -0.3 is 4.42 Å². The molecule has 5 rings (SSSR count). The highest BCUT2D eigenvalue weighted by Crippen LogP contribution is 2.44. The first kappa shape index (κ1) is 22.9. The van der Waals surface area contributed by atoms with E-state index in [4.69, 9.17) is 11.0 Å². The first-order valence-corrected chi connectivity index (χ1v) is 12.2. The molecule has 3 heteroatoms. The molecule has 0 N–H and O–H groups in total. The van der Waals surface area contributed by atoms with Gasteiger partial charge >= 0.3 is 0 Å². The molecule has 2 heterocycles. The lowest BCUT2D eigenvalue weighted by Gasteiger charge is -2.11. The number of hydrogen-bond donors (Lipinski definition) is 0. The summed E-state index contributed by atoms with van der Waals surface area (Å²) in [6.07, 6.45) is 1.06. The van der Waals surface area contributed by atoms with Gasteiger partial charge in [0.05, 0.1) is 12.1 Å². The predicted octanol–water partition coefficient (Wildman–Crippen LogP) is 8.42. The van der Waals surface area contributed by atoms with Crippen LogP contribution in [0.1, 0.15) is 36.2 Å². The Hall–Kier alpha value is -3.90. The van der Waals surface area contributed by atoms with E-state index in [0.29, 0.717) is 11.6 Å². The van der Waals surface area contributed by atoms with E-state index in [1.807, 2.05) is 12.1 Å². The van der Waals surface area contributed by atoms with E-state index in [-0.39, 0.29) is 0 Å². The Labute approximate surface area is 207 Å². The van der Waals surface area contributed by atoms with Crippen LogP contribution in [0.5, 0.6) is 0 Å². The summed E-state index contributed by atoms with van der Waals surface area (Å²) >= 11 is 0. The summed E-state index contributed by atoms with van der Waals surface area (Å²) in [5, 5.41) is 2.12. The Balaban J connectivity index is 1.82. The Kier molecular flexibility index (Phi) is 5.69. The second-order valence-corrected chi connectivity index (χ2v) is 10.0. The topological polar surface area (TPSA) is 21.4 Å². The third kappa shape index (κ3) is 3.80. The minimum absolute atomic E-state index is 0.608. The van der Waals surface area contributed by atoms with Gasteiger partial charge in [-0.2, -0.15) is 4.57 Å². The molecule has 3 aromatic carbocycles. The Morgan fingerprint density at radius 2 is 1.49 bits per heavy atom. The highest BCUT2D eigenvalue weighted by molar-refractivity contribution is 6.15. The predicted molar refractivity (Wildman–Crippen MR) is 145 cm³/mol. The molecule has 0 aliphatic rings. The van der Waals surface area contributed by atoms with Crippen molar-refractivity contribution in [3.63, 3.8) is 0 Å². The van der Waals surface area contributed by atoms with E-state index < -0.39 is 0 Å². The molecule has 2 aromatic heterocycles. The van der Waals surface area contributed by atoms with Crippen LogP contribution in [-0.4, -0.2) is 0 Å². The van der Waals surface area contributed by atoms with Crippen molar-refractivity contribution in [3.8, 4) is 22.4 Å². The van der Waals surface area contributed by atoms with Crippen LogP contribution >= 0.6 is 0 Å². The lowest BCUT2D eigenvalue weighted by atomic mass is 9.96. The van der Waals surface area contributed by atoms with Gasteiger partial charge in [-0.1, -0.05) is 67.9 Å². The van der Waals surface area contributed by atoms with Gasteiger partial charge in [0, 0.05) is 34.9 Å². The maximum Gasteiger partial charge on any atom is 0.216 e. The van der Waals surface area contributed by atoms with Crippen LogP contribution in [0.25, 0.3) is 49.2 Å². The number of hydrogen-bond acceptors (Lipinski definition) is 1. The SMILES string of the molecule is [C-]#[N+]c1ccc2c(oc3c(-c4ccc(CC(C)C)c(C)[n+]4C)c(C)ccc32)c1-c1ccc(C)cc1. The molecule has 0 saturated carbocycles. The van der Waals surface area contributed by atoms with Crippen LogP contribution in [0.4, 0.5) is 5.69 Å². The van der Waals surface area contributed by atoms with E-state index in [0.717, 1.165) is 50.7 Å². The summed E-state index contributed by atoms with van der Waals surface area (Å²) in [5.74, 6) is 0.608. The van der Waals surface area contributed by atoms with Crippen molar-refractivity contribution in [2.24, 2.45) is 13.0 Å². The average Bonchev–Trinajstić information content (AvgIpc) is 3.21. The van der Waals surface area contributed by atoms with Crippen LogP contribution in [0.3, 0.4) is 0 Å². The quantitative estimate of drug-likeness (QED) is 0.195. The second kappa shape index (κ2) is 8.71. The van der Waals surface area contributed by atoms with Crippen LogP contribution in [0.15, 0.2) is 65.1 Å². The number of rotatable bonds is 4. The van der Waals surface area contributed by atoms with Crippen LogP contribution < -0.4 is 4.57 Å². The monoisotopic (exact) mass is 459 g/mol. The van der Waals surface area contributed by atoms with Crippen molar-refractivity contribution < 1.29 is 8.98 Å². The summed E-state index contributed by atoms with van der Waals surface area (Å²) in [4.78, 5) is 3.83. The number of pyridine rings is 1. The van der Waals surface area contributed by atoms with E-state index in [1.165, 1.54) is 22.4 Å². The van der Waals surface area contributed by atoms with E-state index in [2.05, 4.69) is 99.6 Å². The fourth-order valence-electron chi connectivity index (χ4n) is 5.12. The molecule has 0 aliphatic heterocycles. The Morgan fingerprint density at radius 3 is 2.14 bits per heavy atom. The molecule has 3 nitrogen and oxygen atoms in total. The second-order valence-electron chi connectivity index (χ2n) is 10.0. The van der Waals surface area contributed by atoms with Crippen molar-refractivity contribution in [1.29, 1.82) is 0 Å². The zero-order chi connectivity index (χ0) is 24.9. The van der Waals surface area contributed by atoms with Crippen molar-refractivity contribution in [3.05, 3.63) is 94.5 Å². The van der Waals surface area contributed by atoms with E-state index in [1.54, 1.807) is 0 Å². The molecule has 0 fully saturated rings. The summed E-state index contributed by atoms with van der Waals surface area (Å²) in [7, 11) is 2.14. The summed E-state index contributed by atoms with van der Waals surface area (Å²) in [6, 6.07) is 21.1. The molecular weight excluding hydrogens is 428 g/mol. The number of nitrogens with zero attached hydrogens (tertiary/aromatic N) is 2. The highest BCUT2D eigenvalue weighted by Gasteiger charge is 2.24. The molecule has 35 heavy (non-hydrogen) atoms. The molecular formula is C32H31N2O+. The van der Waals surface area contributed by atoms with Crippen molar-refractivity contribution in [2.75, 3.05) is 0 Å². The fraction of sp³-hybridized carbons (Fsp3) is 0.250. The van der Waals surface area contributed by atoms with Crippen LogP contribution in [-0.2, 0) is 13.5 Å². The molecule has 0 bridgehead atoms. The number of furan rings is 1. The Morgan fingerprint density at radius 1 is 0.829 bits per heavy atom. The molecule has 174 valence electrons. The van der Waals surface area contributed by atoms with Gasteiger partial charge in [-0.15, -0.1) is 0 Å². The smallest absolute Gasteiger partial charge is 0.216 e. The number of aryl methyl sites for hydroxylation is 2. The maximum atomic E-state index is 7.80. The fourth-order valence-corrected chi connectivity index (χ4v) is 5.12. The normalized spacial score (nSPS) is 11.5. The molecule has 0 spiro atoms. The summed E-state index contributed by atoms with van der Waals surface area (Å²) in [5.41, 5.74) is 11.4. The van der Waals surface area contributed by atoms with Crippen molar-refractivity contribution in [1.82, 2.24) is 0 Å². The molecule has 0 aliphatic carbocycles. The number of fused-ring (bicyclic) bond motifs is 3. The zero-order valence-electron chi connectivity index (χ0n) is 21.4. The summed E-state index contributed by atoms with van der Waals surface area (Å²) < 4.78 is 9.00. The van der Waals surface area contributed by atoms with Gasteiger partial charge in [-0.3, -0.25) is 0 Å². The molecule has 0 amide bonds. The minimum Gasteiger partial charge on any atom is -0.456 e. The number of benzene rings is 3. The van der Waals surface area contributed by atoms with E-state index in [9.17, 15) is 0 Å². The number of aromatic nitrogens is 1. The van der Waals surface area contributed by atoms with E-state index >= 15 is 0 Å². The summed E-state index contributed by atoms with van der Waals surface area (Å²) in [6.45, 7) is 18.7. The molecule has 0 unspecified atom stereocenters. The van der Waals surface area contributed by atoms with Crippen molar-refractivity contribution in [2.45, 2.75) is 41.0 Å². The lowest BCUT2D eigenvalue weighted by Crippen LogP contribution is -2.36. The molecule has 0 saturated heterocycles. The standard InChI is InChI=1S/C32H31N2O/c1-19(2)18-24-13-17-28(34(7)22(24)5)29-21(4)10-14-25-26-15-16-27(33-6)30(32(26)35-31(25)29)23-11-8-20(3)9-12-23/h8-17,19H,18H2,1-5,7H3/q+1. The molecule has 5 aromatic rings. The zero-order valence-corrected chi connectivity index (χ0v) is 21.4. The maximum absolute atomic E-state index is 7.80. The lowest BCUT2D eigenvalue weighted by molar-refractivity contribution is -0.667. The average molecular weight is 460 g/mol. The van der Waals surface area contributed by atoms with Crippen molar-refractivity contribution >= 4 is 27.6 Å². The Bertz CT molecular complexity index is 1630. The third-order valence-electron chi connectivity index (χ3n) is 7.11. The van der Waals surface area contributed by atoms with Gasteiger partial charge in [-0.25, -0.2) is 4.85 Å².